The number of rotatable bonds is 5. The molecular weight excluding hydrogens is 286 g/mol. The van der Waals surface area contributed by atoms with Gasteiger partial charge in [0.15, 0.2) is 0 Å². The number of ether oxygens (including phenoxy) is 1. The maximum atomic E-state index is 11.6. The molecule has 0 saturated heterocycles. The van der Waals surface area contributed by atoms with E-state index in [1.807, 2.05) is 0 Å². The quantitative estimate of drug-likeness (QED) is 0.324. The number of aliphatic hydroxyl groups excluding tert-OH is 2. The highest BCUT2D eigenvalue weighted by molar-refractivity contribution is 7.80. The molecule has 2 unspecified atom stereocenters. The molecule has 2 atom stereocenters. The second-order valence-electron chi connectivity index (χ2n) is 4.16. The van der Waals surface area contributed by atoms with Crippen LogP contribution in [0.25, 0.3) is 0 Å². The lowest BCUT2D eigenvalue weighted by atomic mass is 9.97. The van der Waals surface area contributed by atoms with E-state index in [2.05, 4.69) is 17.4 Å². The maximum Gasteiger partial charge on any atom is 0.338 e. The van der Waals surface area contributed by atoms with E-state index in [-0.39, 0.29) is 28.1 Å². The van der Waals surface area contributed by atoms with Gasteiger partial charge in [0, 0.05) is 17.4 Å². The van der Waals surface area contributed by atoms with Crippen molar-refractivity contribution in [3.63, 3.8) is 0 Å². The summed E-state index contributed by atoms with van der Waals surface area (Å²) in [5.41, 5.74) is -0.155. The van der Waals surface area contributed by atoms with E-state index in [1.165, 1.54) is 13.0 Å². The molecule has 0 spiro atoms. The first-order valence-electron chi connectivity index (χ1n) is 5.67. The Balaban J connectivity index is 3.44. The van der Waals surface area contributed by atoms with Gasteiger partial charge in [-0.15, -0.1) is 0 Å². The SMILES string of the molecule is COC(=O)c1cc(C(O)C(O)CS)cc([N+](=O)[O-])c1C. The third-order valence-corrected chi connectivity index (χ3v) is 3.27. The van der Waals surface area contributed by atoms with Crippen molar-refractivity contribution in [1.82, 2.24) is 0 Å². The topological polar surface area (TPSA) is 110 Å². The molecule has 1 aromatic carbocycles. The van der Waals surface area contributed by atoms with Crippen molar-refractivity contribution in [3.8, 4) is 0 Å². The van der Waals surface area contributed by atoms with Gasteiger partial charge in [0.2, 0.25) is 0 Å². The van der Waals surface area contributed by atoms with Crippen molar-refractivity contribution in [1.29, 1.82) is 0 Å². The number of carbonyl (C=O) groups excluding carboxylic acids is 1. The van der Waals surface area contributed by atoms with Crippen molar-refractivity contribution in [2.24, 2.45) is 0 Å². The summed E-state index contributed by atoms with van der Waals surface area (Å²) in [6, 6.07) is 2.39. The van der Waals surface area contributed by atoms with Gasteiger partial charge in [0.05, 0.1) is 23.7 Å². The lowest BCUT2D eigenvalue weighted by Gasteiger charge is -2.17. The van der Waals surface area contributed by atoms with Gasteiger partial charge in [-0.25, -0.2) is 4.79 Å². The number of nitro groups is 1. The highest BCUT2D eigenvalue weighted by Gasteiger charge is 2.25. The molecule has 0 fully saturated rings. The van der Waals surface area contributed by atoms with Crippen LogP contribution < -0.4 is 0 Å². The average Bonchev–Trinajstić information content (AvgIpc) is 2.44. The fourth-order valence-corrected chi connectivity index (χ4v) is 1.92. The molecular formula is C12H15NO6S. The minimum Gasteiger partial charge on any atom is -0.465 e. The van der Waals surface area contributed by atoms with E-state index in [9.17, 15) is 25.1 Å². The van der Waals surface area contributed by atoms with Crippen molar-refractivity contribution in [3.05, 3.63) is 38.9 Å². The summed E-state index contributed by atoms with van der Waals surface area (Å²) >= 11 is 3.84. The minimum absolute atomic E-state index is 0.0258. The van der Waals surface area contributed by atoms with Crippen LogP contribution in [0.4, 0.5) is 5.69 Å². The molecule has 7 nitrogen and oxygen atoms in total. The molecule has 1 rings (SSSR count). The fraction of sp³-hybridized carbons (Fsp3) is 0.417. The average molecular weight is 301 g/mol. The van der Waals surface area contributed by atoms with E-state index < -0.39 is 23.1 Å². The first-order chi connectivity index (χ1) is 9.33. The van der Waals surface area contributed by atoms with Gasteiger partial charge in [-0.1, -0.05) is 0 Å². The van der Waals surface area contributed by atoms with Gasteiger partial charge >= 0.3 is 5.97 Å². The van der Waals surface area contributed by atoms with Gasteiger partial charge in [-0.3, -0.25) is 10.1 Å². The molecule has 8 heteroatoms. The van der Waals surface area contributed by atoms with Gasteiger partial charge in [-0.05, 0) is 18.6 Å². The highest BCUT2D eigenvalue weighted by Crippen LogP contribution is 2.29. The Kier molecular flexibility index (Phi) is 5.49. The zero-order valence-corrected chi connectivity index (χ0v) is 11.8. The lowest BCUT2D eigenvalue weighted by molar-refractivity contribution is -0.385. The van der Waals surface area contributed by atoms with Crippen LogP contribution in [0.2, 0.25) is 0 Å². The summed E-state index contributed by atoms with van der Waals surface area (Å²) in [5.74, 6) is -0.781. The molecule has 1 aromatic rings. The normalized spacial score (nSPS) is 13.7. The van der Waals surface area contributed by atoms with E-state index in [0.29, 0.717) is 0 Å². The zero-order chi connectivity index (χ0) is 15.4. The van der Waals surface area contributed by atoms with Crippen LogP contribution in [0.1, 0.15) is 27.6 Å². The number of aliphatic hydroxyl groups is 2. The van der Waals surface area contributed by atoms with E-state index in [1.54, 1.807) is 0 Å². The molecule has 110 valence electrons. The van der Waals surface area contributed by atoms with Crippen LogP contribution in [0.3, 0.4) is 0 Å². The van der Waals surface area contributed by atoms with Crippen LogP contribution in [0.15, 0.2) is 12.1 Å². The van der Waals surface area contributed by atoms with Crippen LogP contribution >= 0.6 is 12.6 Å². The van der Waals surface area contributed by atoms with E-state index in [0.717, 1.165) is 13.2 Å². The van der Waals surface area contributed by atoms with Crippen LogP contribution in [-0.2, 0) is 4.74 Å². The fourth-order valence-electron chi connectivity index (χ4n) is 1.73. The van der Waals surface area contributed by atoms with Crippen molar-refractivity contribution >= 4 is 24.3 Å². The Labute approximate surface area is 120 Å². The van der Waals surface area contributed by atoms with Gasteiger partial charge in [0.1, 0.15) is 6.10 Å². The zero-order valence-electron chi connectivity index (χ0n) is 10.9. The molecule has 0 aliphatic carbocycles. The summed E-state index contributed by atoms with van der Waals surface area (Å²) in [7, 11) is 1.15. The second kappa shape index (κ2) is 6.69. The standard InChI is InChI=1S/C12H15NO6S/c1-6-8(12(16)19-2)3-7(4-9(6)13(17)18)11(15)10(14)5-20/h3-4,10-11,14-15,20H,5H2,1-2H3. The molecule has 0 amide bonds. The Bertz CT molecular complexity index is 533. The van der Waals surface area contributed by atoms with E-state index >= 15 is 0 Å². The van der Waals surface area contributed by atoms with Crippen LogP contribution in [-0.4, -0.2) is 40.1 Å². The molecule has 0 aliphatic heterocycles. The number of hydrogen-bond acceptors (Lipinski definition) is 7. The third kappa shape index (κ3) is 3.27. The molecule has 0 radical (unpaired) electrons. The number of hydrogen-bond donors (Lipinski definition) is 3. The smallest absolute Gasteiger partial charge is 0.338 e. The third-order valence-electron chi connectivity index (χ3n) is 2.90. The molecule has 0 heterocycles. The maximum absolute atomic E-state index is 11.6. The van der Waals surface area contributed by atoms with Gasteiger partial charge < -0.3 is 14.9 Å². The summed E-state index contributed by atoms with van der Waals surface area (Å²) in [6.45, 7) is 1.41. The van der Waals surface area contributed by atoms with E-state index in [4.69, 9.17) is 0 Å². The first-order valence-corrected chi connectivity index (χ1v) is 6.31. The number of nitro benzene ring substituents is 1. The summed E-state index contributed by atoms with van der Waals surface area (Å²) < 4.78 is 4.55. The predicted molar refractivity (Wildman–Crippen MR) is 74.0 cm³/mol. The number of nitrogens with zero attached hydrogens (tertiary/aromatic N) is 1. The molecule has 0 aromatic heterocycles. The number of benzene rings is 1. The summed E-state index contributed by atoms with van der Waals surface area (Å²) in [6.07, 6.45) is -2.58. The Morgan fingerprint density at radius 3 is 2.55 bits per heavy atom. The van der Waals surface area contributed by atoms with Crippen LogP contribution in [0.5, 0.6) is 0 Å². The minimum atomic E-state index is -1.38. The number of thiol groups is 1. The van der Waals surface area contributed by atoms with Crippen molar-refractivity contribution in [2.75, 3.05) is 12.9 Å². The summed E-state index contributed by atoms with van der Waals surface area (Å²) in [5, 5.41) is 30.4. The van der Waals surface area contributed by atoms with Crippen molar-refractivity contribution in [2.45, 2.75) is 19.1 Å². The lowest BCUT2D eigenvalue weighted by Crippen LogP contribution is -2.20. The first kappa shape index (κ1) is 16.4. The second-order valence-corrected chi connectivity index (χ2v) is 4.52. The van der Waals surface area contributed by atoms with Gasteiger partial charge in [-0.2, -0.15) is 12.6 Å². The monoisotopic (exact) mass is 301 g/mol. The van der Waals surface area contributed by atoms with Gasteiger partial charge in [0.25, 0.3) is 5.69 Å². The van der Waals surface area contributed by atoms with Crippen LogP contribution in [0, 0.1) is 17.0 Å². The summed E-state index contributed by atoms with van der Waals surface area (Å²) in [4.78, 5) is 22.0. The predicted octanol–water partition coefficient (Wildman–Crippen LogP) is 1.01. The molecule has 20 heavy (non-hydrogen) atoms. The molecule has 0 saturated carbocycles. The largest absolute Gasteiger partial charge is 0.465 e. The number of carbonyl (C=O) groups is 1. The molecule has 0 aliphatic rings. The molecule has 2 N–H and O–H groups in total. The highest BCUT2D eigenvalue weighted by atomic mass is 32.1. The Hall–Kier alpha value is -1.64. The van der Waals surface area contributed by atoms with Crippen molar-refractivity contribution < 1.29 is 24.7 Å². The number of esters is 1. The number of methoxy groups -OCH3 is 1. The Morgan fingerprint density at radius 1 is 1.50 bits per heavy atom. The molecule has 0 bridgehead atoms. The Morgan fingerprint density at radius 2 is 2.10 bits per heavy atom.